The van der Waals surface area contributed by atoms with Crippen LogP contribution in [-0.2, 0) is 6.54 Å². The van der Waals surface area contributed by atoms with Crippen molar-refractivity contribution in [2.24, 2.45) is 0 Å². The lowest BCUT2D eigenvalue weighted by Crippen LogP contribution is -2.26. The molecule has 0 aliphatic rings. The minimum absolute atomic E-state index is 0.0270. The van der Waals surface area contributed by atoms with Gasteiger partial charge in [0, 0.05) is 23.7 Å². The maximum absolute atomic E-state index is 13.2. The Kier molecular flexibility index (Phi) is 4.47. The first-order chi connectivity index (χ1) is 12.0. The van der Waals surface area contributed by atoms with Gasteiger partial charge in [-0.15, -0.1) is 0 Å². The first-order valence-electron chi connectivity index (χ1n) is 7.41. The predicted molar refractivity (Wildman–Crippen MR) is 88.6 cm³/mol. The fourth-order valence-corrected chi connectivity index (χ4v) is 2.40. The molecule has 2 N–H and O–H groups in total. The summed E-state index contributed by atoms with van der Waals surface area (Å²) in [5, 5.41) is 3.29. The molecule has 1 amide bonds. The summed E-state index contributed by atoms with van der Waals surface area (Å²) in [5.74, 6) is -2.13. The van der Waals surface area contributed by atoms with Crippen LogP contribution in [0.5, 0.6) is 5.75 Å². The summed E-state index contributed by atoms with van der Waals surface area (Å²) in [6, 6.07) is 9.74. The van der Waals surface area contributed by atoms with Gasteiger partial charge in [-0.05, 0) is 41.8 Å². The molecular formula is C18H14F2N2O3. The number of carbonyl (C=O) groups excluding carboxylic acids is 1. The summed E-state index contributed by atoms with van der Waals surface area (Å²) in [7, 11) is 1.53. The predicted octanol–water partition coefficient (Wildman–Crippen LogP) is 2.74. The number of carbonyl (C=O) groups is 1. The molecule has 3 aromatic rings. The third kappa shape index (κ3) is 3.50. The van der Waals surface area contributed by atoms with Crippen molar-refractivity contribution in [3.05, 3.63) is 75.6 Å². The Morgan fingerprint density at radius 2 is 1.92 bits per heavy atom. The van der Waals surface area contributed by atoms with E-state index in [4.69, 9.17) is 4.74 Å². The average Bonchev–Trinajstić information content (AvgIpc) is 2.61. The number of aromatic amines is 1. The molecule has 0 bridgehead atoms. The Morgan fingerprint density at radius 3 is 2.64 bits per heavy atom. The van der Waals surface area contributed by atoms with Gasteiger partial charge < -0.3 is 15.0 Å². The molecule has 0 aliphatic carbocycles. The average molecular weight is 344 g/mol. The number of ether oxygens (including phenoxy) is 1. The smallest absolute Gasteiger partial charge is 0.253 e. The molecule has 1 aromatic heterocycles. The number of hydrogen-bond donors (Lipinski definition) is 2. The van der Waals surface area contributed by atoms with Crippen LogP contribution >= 0.6 is 0 Å². The maximum Gasteiger partial charge on any atom is 0.253 e. The number of H-pyrrole nitrogens is 1. The van der Waals surface area contributed by atoms with Gasteiger partial charge in [0.25, 0.3) is 11.5 Å². The van der Waals surface area contributed by atoms with E-state index in [0.717, 1.165) is 17.5 Å². The SMILES string of the molecule is COc1ccc2cc(CNC(=O)c3ccc(F)c(F)c3)c(=O)[nH]c2c1. The van der Waals surface area contributed by atoms with Crippen molar-refractivity contribution in [3.8, 4) is 5.75 Å². The summed E-state index contributed by atoms with van der Waals surface area (Å²) < 4.78 is 31.2. The molecule has 0 aliphatic heterocycles. The Labute approximate surface area is 141 Å². The van der Waals surface area contributed by atoms with Crippen LogP contribution in [0.2, 0.25) is 0 Å². The first-order valence-corrected chi connectivity index (χ1v) is 7.41. The molecule has 0 saturated carbocycles. The fraction of sp³-hybridized carbons (Fsp3) is 0.111. The van der Waals surface area contributed by atoms with Gasteiger partial charge in [-0.25, -0.2) is 8.78 Å². The zero-order valence-electron chi connectivity index (χ0n) is 13.2. The van der Waals surface area contributed by atoms with Crippen LogP contribution in [0.3, 0.4) is 0 Å². The normalized spacial score (nSPS) is 10.7. The van der Waals surface area contributed by atoms with Gasteiger partial charge in [0.2, 0.25) is 0 Å². The molecule has 2 aromatic carbocycles. The zero-order chi connectivity index (χ0) is 18.0. The van der Waals surface area contributed by atoms with E-state index in [2.05, 4.69) is 10.3 Å². The molecule has 1 heterocycles. The summed E-state index contributed by atoms with van der Waals surface area (Å²) >= 11 is 0. The van der Waals surface area contributed by atoms with Crippen molar-refractivity contribution in [2.75, 3.05) is 7.11 Å². The molecule has 7 heteroatoms. The summed E-state index contributed by atoms with van der Waals surface area (Å²) in [5.41, 5.74) is 0.570. The molecule has 5 nitrogen and oxygen atoms in total. The van der Waals surface area contributed by atoms with Crippen molar-refractivity contribution >= 4 is 16.8 Å². The third-order valence-corrected chi connectivity index (χ3v) is 3.75. The van der Waals surface area contributed by atoms with Gasteiger partial charge in [0.1, 0.15) is 5.75 Å². The molecule has 128 valence electrons. The molecular weight excluding hydrogens is 330 g/mol. The molecule has 0 saturated heterocycles. The lowest BCUT2D eigenvalue weighted by Gasteiger charge is -2.07. The van der Waals surface area contributed by atoms with E-state index >= 15 is 0 Å². The highest BCUT2D eigenvalue weighted by molar-refractivity contribution is 5.94. The number of nitrogens with one attached hydrogen (secondary N) is 2. The Morgan fingerprint density at radius 1 is 1.12 bits per heavy atom. The van der Waals surface area contributed by atoms with Gasteiger partial charge in [-0.3, -0.25) is 9.59 Å². The van der Waals surface area contributed by atoms with Crippen molar-refractivity contribution in [1.82, 2.24) is 10.3 Å². The number of rotatable bonds is 4. The Bertz CT molecular complexity index is 1010. The van der Waals surface area contributed by atoms with E-state index in [0.29, 0.717) is 16.8 Å². The van der Waals surface area contributed by atoms with Gasteiger partial charge in [-0.1, -0.05) is 0 Å². The first kappa shape index (κ1) is 16.6. The zero-order valence-corrected chi connectivity index (χ0v) is 13.2. The van der Waals surface area contributed by atoms with Gasteiger partial charge >= 0.3 is 0 Å². The second kappa shape index (κ2) is 6.72. The number of fused-ring (bicyclic) bond motifs is 1. The number of halogens is 2. The lowest BCUT2D eigenvalue weighted by atomic mass is 10.1. The van der Waals surface area contributed by atoms with E-state index in [1.165, 1.54) is 13.2 Å². The number of aromatic nitrogens is 1. The summed E-state index contributed by atoms with van der Waals surface area (Å²) in [4.78, 5) is 26.9. The molecule has 25 heavy (non-hydrogen) atoms. The summed E-state index contributed by atoms with van der Waals surface area (Å²) in [6.45, 7) is -0.0465. The van der Waals surface area contributed by atoms with E-state index < -0.39 is 17.5 Å². The van der Waals surface area contributed by atoms with Crippen LogP contribution in [0.15, 0.2) is 47.3 Å². The van der Waals surface area contributed by atoms with Crippen LogP contribution in [0, 0.1) is 11.6 Å². The van der Waals surface area contributed by atoms with Crippen LogP contribution in [0.1, 0.15) is 15.9 Å². The fourth-order valence-electron chi connectivity index (χ4n) is 2.40. The number of hydrogen-bond acceptors (Lipinski definition) is 3. The third-order valence-electron chi connectivity index (χ3n) is 3.75. The minimum atomic E-state index is -1.11. The second-order valence-corrected chi connectivity index (χ2v) is 5.39. The highest BCUT2D eigenvalue weighted by Crippen LogP contribution is 2.18. The van der Waals surface area contributed by atoms with Crippen molar-refractivity contribution < 1.29 is 18.3 Å². The minimum Gasteiger partial charge on any atom is -0.497 e. The van der Waals surface area contributed by atoms with E-state index in [-0.39, 0.29) is 17.7 Å². The monoisotopic (exact) mass is 344 g/mol. The van der Waals surface area contributed by atoms with Crippen molar-refractivity contribution in [3.63, 3.8) is 0 Å². The van der Waals surface area contributed by atoms with E-state index in [1.807, 2.05) is 0 Å². The molecule has 0 unspecified atom stereocenters. The quantitative estimate of drug-likeness (QED) is 0.764. The maximum atomic E-state index is 13.2. The van der Waals surface area contributed by atoms with Gasteiger partial charge in [0.15, 0.2) is 11.6 Å². The topological polar surface area (TPSA) is 71.2 Å². The number of methoxy groups -OCH3 is 1. The largest absolute Gasteiger partial charge is 0.497 e. The van der Waals surface area contributed by atoms with Crippen LogP contribution < -0.4 is 15.6 Å². The summed E-state index contributed by atoms with van der Waals surface area (Å²) in [6.07, 6.45) is 0. The molecule has 0 radical (unpaired) electrons. The lowest BCUT2D eigenvalue weighted by molar-refractivity contribution is 0.0950. The molecule has 0 fully saturated rings. The standard InChI is InChI=1S/C18H14F2N2O3/c1-25-13-4-2-10-6-12(18(24)22-16(10)8-13)9-21-17(23)11-3-5-14(19)15(20)7-11/h2-8H,9H2,1H3,(H,21,23)(H,22,24). The Hall–Kier alpha value is -3.22. The van der Waals surface area contributed by atoms with E-state index in [9.17, 15) is 18.4 Å². The second-order valence-electron chi connectivity index (χ2n) is 5.39. The molecule has 0 atom stereocenters. The highest BCUT2D eigenvalue weighted by Gasteiger charge is 2.11. The number of amides is 1. The van der Waals surface area contributed by atoms with Gasteiger partial charge in [-0.2, -0.15) is 0 Å². The number of benzene rings is 2. The Balaban J connectivity index is 1.80. The highest BCUT2D eigenvalue weighted by atomic mass is 19.2. The van der Waals surface area contributed by atoms with Crippen molar-refractivity contribution in [1.29, 1.82) is 0 Å². The van der Waals surface area contributed by atoms with Crippen molar-refractivity contribution in [2.45, 2.75) is 6.54 Å². The van der Waals surface area contributed by atoms with Crippen LogP contribution in [0.4, 0.5) is 8.78 Å². The molecule has 3 rings (SSSR count). The van der Waals surface area contributed by atoms with E-state index in [1.54, 1.807) is 24.3 Å². The molecule has 0 spiro atoms. The van der Waals surface area contributed by atoms with Crippen LogP contribution in [0.25, 0.3) is 10.9 Å². The number of pyridine rings is 1. The van der Waals surface area contributed by atoms with Crippen LogP contribution in [-0.4, -0.2) is 18.0 Å². The van der Waals surface area contributed by atoms with Gasteiger partial charge in [0.05, 0.1) is 12.6 Å².